The van der Waals surface area contributed by atoms with Gasteiger partial charge in [-0.3, -0.25) is 4.99 Å². The lowest BCUT2D eigenvalue weighted by molar-refractivity contribution is -0.0496. The highest BCUT2D eigenvalue weighted by atomic mass is 79.9. The van der Waals surface area contributed by atoms with Crippen LogP contribution in [-0.4, -0.2) is 34.5 Å². The van der Waals surface area contributed by atoms with E-state index in [1.807, 2.05) is 42.3 Å². The van der Waals surface area contributed by atoms with E-state index in [2.05, 4.69) is 4.99 Å². The van der Waals surface area contributed by atoms with Gasteiger partial charge in [0.1, 0.15) is 11.5 Å². The van der Waals surface area contributed by atoms with Crippen molar-refractivity contribution in [1.82, 2.24) is 4.90 Å². The van der Waals surface area contributed by atoms with Crippen LogP contribution in [0.1, 0.15) is 11.1 Å². The van der Waals surface area contributed by atoms with Gasteiger partial charge in [-0.2, -0.15) is 0 Å². The van der Waals surface area contributed by atoms with Crippen LogP contribution in [0.2, 0.25) is 5.02 Å². The molecule has 1 N–H and O–H groups in total. The SMILES string of the molecule is Br.CN=C1SC2Cc3cc(Oc4ccc(Cl)cc4)ccc3C2(O)N1C. The number of thioether (sulfide) groups is 1. The third kappa shape index (κ3) is 2.95. The summed E-state index contributed by atoms with van der Waals surface area (Å²) in [5, 5.41) is 12.8. The van der Waals surface area contributed by atoms with Crippen molar-refractivity contribution >= 4 is 45.5 Å². The van der Waals surface area contributed by atoms with E-state index in [0.717, 1.165) is 34.2 Å². The summed E-state index contributed by atoms with van der Waals surface area (Å²) in [5.41, 5.74) is 1.06. The predicted octanol–water partition coefficient (Wildman–Crippen LogP) is 4.44. The van der Waals surface area contributed by atoms with Gasteiger partial charge in [0.05, 0.1) is 5.25 Å². The molecule has 2 aliphatic rings. The number of ether oxygens (including phenoxy) is 1. The number of aliphatic imine (C=N–C) groups is 1. The highest BCUT2D eigenvalue weighted by molar-refractivity contribution is 8.93. The Morgan fingerprint density at radius 3 is 2.60 bits per heavy atom. The van der Waals surface area contributed by atoms with Crippen LogP contribution in [0.5, 0.6) is 11.5 Å². The third-order valence-corrected chi connectivity index (χ3v) is 6.31. The first-order chi connectivity index (χ1) is 11.5. The largest absolute Gasteiger partial charge is 0.457 e. The molecule has 2 atom stereocenters. The highest BCUT2D eigenvalue weighted by Crippen LogP contribution is 2.51. The summed E-state index contributed by atoms with van der Waals surface area (Å²) in [6.45, 7) is 0. The van der Waals surface area contributed by atoms with Crippen LogP contribution in [0, 0.1) is 0 Å². The molecule has 4 rings (SSSR count). The fourth-order valence-corrected chi connectivity index (χ4v) is 4.89. The lowest BCUT2D eigenvalue weighted by Gasteiger charge is -2.31. The Morgan fingerprint density at radius 1 is 1.24 bits per heavy atom. The average Bonchev–Trinajstić information content (AvgIpc) is 2.99. The van der Waals surface area contributed by atoms with Gasteiger partial charge < -0.3 is 14.7 Å². The number of fused-ring (bicyclic) bond motifs is 3. The van der Waals surface area contributed by atoms with E-state index < -0.39 is 5.72 Å². The predicted molar refractivity (Wildman–Crippen MR) is 108 cm³/mol. The van der Waals surface area contributed by atoms with Gasteiger partial charge in [-0.15, -0.1) is 17.0 Å². The van der Waals surface area contributed by atoms with Crippen LogP contribution in [0.4, 0.5) is 0 Å². The lowest BCUT2D eigenvalue weighted by atomic mass is 10.0. The molecule has 0 saturated carbocycles. The molecule has 0 spiro atoms. The molecule has 1 aliphatic carbocycles. The second-order valence-corrected chi connectivity index (χ2v) is 7.58. The second kappa shape index (κ2) is 6.83. The van der Waals surface area contributed by atoms with Gasteiger partial charge in [-0.05, 0) is 48.4 Å². The van der Waals surface area contributed by atoms with E-state index in [1.54, 1.807) is 30.9 Å². The number of hydrogen-bond donors (Lipinski definition) is 1. The summed E-state index contributed by atoms with van der Waals surface area (Å²) in [4.78, 5) is 6.13. The van der Waals surface area contributed by atoms with Crippen LogP contribution < -0.4 is 4.74 Å². The number of halogens is 2. The molecule has 0 radical (unpaired) electrons. The molecule has 0 amide bonds. The van der Waals surface area contributed by atoms with Crippen molar-refractivity contribution in [1.29, 1.82) is 0 Å². The van der Waals surface area contributed by atoms with E-state index in [-0.39, 0.29) is 22.2 Å². The molecule has 1 heterocycles. The van der Waals surface area contributed by atoms with Crippen molar-refractivity contribution in [3.8, 4) is 11.5 Å². The molecule has 1 fully saturated rings. The monoisotopic (exact) mass is 440 g/mol. The van der Waals surface area contributed by atoms with E-state index in [1.165, 1.54) is 0 Å². The fraction of sp³-hybridized carbons (Fsp3) is 0.278. The van der Waals surface area contributed by atoms with Crippen LogP contribution in [0.25, 0.3) is 0 Å². The summed E-state index contributed by atoms with van der Waals surface area (Å²) >= 11 is 7.53. The summed E-state index contributed by atoms with van der Waals surface area (Å²) in [6, 6.07) is 13.1. The molecule has 0 aromatic heterocycles. The minimum atomic E-state index is -0.992. The van der Waals surface area contributed by atoms with Crippen LogP contribution in [0.3, 0.4) is 0 Å². The molecule has 1 aliphatic heterocycles. The minimum Gasteiger partial charge on any atom is -0.457 e. The normalized spacial score (nSPS) is 25.5. The molecule has 2 aromatic carbocycles. The fourth-order valence-electron chi connectivity index (χ4n) is 3.39. The zero-order valence-electron chi connectivity index (χ0n) is 13.8. The zero-order valence-corrected chi connectivity index (χ0v) is 17.1. The molecular formula is C18H18BrClN2O2S. The smallest absolute Gasteiger partial charge is 0.178 e. The Kier molecular flexibility index (Phi) is 5.08. The summed E-state index contributed by atoms with van der Waals surface area (Å²) in [6.07, 6.45) is 0.789. The van der Waals surface area contributed by atoms with Gasteiger partial charge in [-0.25, -0.2) is 0 Å². The number of rotatable bonds is 2. The quantitative estimate of drug-likeness (QED) is 0.748. The maximum absolute atomic E-state index is 11.2. The number of benzene rings is 2. The first-order valence-corrected chi connectivity index (χ1v) is 8.94. The second-order valence-electron chi connectivity index (χ2n) is 5.98. The molecule has 0 bridgehead atoms. The Balaban J connectivity index is 0.00000182. The Bertz CT molecular complexity index is 830. The van der Waals surface area contributed by atoms with E-state index in [4.69, 9.17) is 16.3 Å². The van der Waals surface area contributed by atoms with Crippen molar-refractivity contribution in [2.45, 2.75) is 17.4 Å². The summed E-state index contributed by atoms with van der Waals surface area (Å²) < 4.78 is 5.90. The Hall–Kier alpha value is -1.21. The van der Waals surface area contributed by atoms with Crippen molar-refractivity contribution < 1.29 is 9.84 Å². The van der Waals surface area contributed by atoms with Crippen molar-refractivity contribution in [2.75, 3.05) is 14.1 Å². The van der Waals surface area contributed by atoms with Gasteiger partial charge >= 0.3 is 0 Å². The Labute approximate surface area is 166 Å². The number of amidine groups is 1. The maximum atomic E-state index is 11.2. The van der Waals surface area contributed by atoms with Crippen LogP contribution in [0.15, 0.2) is 47.5 Å². The van der Waals surface area contributed by atoms with Crippen molar-refractivity contribution in [3.05, 3.63) is 58.6 Å². The highest BCUT2D eigenvalue weighted by Gasteiger charge is 2.55. The van der Waals surface area contributed by atoms with Gasteiger partial charge in [0, 0.05) is 24.7 Å². The topological polar surface area (TPSA) is 45.1 Å². The van der Waals surface area contributed by atoms with E-state index in [9.17, 15) is 5.11 Å². The minimum absolute atomic E-state index is 0. The average molecular weight is 442 g/mol. The molecule has 25 heavy (non-hydrogen) atoms. The summed E-state index contributed by atoms with van der Waals surface area (Å²) in [7, 11) is 3.65. The van der Waals surface area contributed by atoms with E-state index in [0.29, 0.717) is 5.02 Å². The first kappa shape index (κ1) is 18.6. The molecule has 1 saturated heterocycles. The lowest BCUT2D eigenvalue weighted by Crippen LogP contribution is -2.44. The standard InChI is InChI=1S/C18H17ClN2O2S.BrH/c1-20-17-21(2)18(22)15-8-7-14(9-11(15)10-16(18)24-17)23-13-5-3-12(19)4-6-13;/h3-9,16,22H,10H2,1-2H3;1H. The molecule has 132 valence electrons. The van der Waals surface area contributed by atoms with Crippen molar-refractivity contribution in [2.24, 2.45) is 4.99 Å². The molecule has 7 heteroatoms. The first-order valence-electron chi connectivity index (χ1n) is 7.69. The van der Waals surface area contributed by atoms with E-state index >= 15 is 0 Å². The summed E-state index contributed by atoms with van der Waals surface area (Å²) in [5.74, 6) is 1.50. The molecule has 2 unspecified atom stereocenters. The number of aliphatic hydroxyl groups is 1. The van der Waals surface area contributed by atoms with Gasteiger partial charge in [0.25, 0.3) is 0 Å². The Morgan fingerprint density at radius 2 is 1.92 bits per heavy atom. The van der Waals surface area contributed by atoms with Crippen LogP contribution >= 0.6 is 40.3 Å². The number of nitrogens with zero attached hydrogens (tertiary/aromatic N) is 2. The third-order valence-electron chi connectivity index (χ3n) is 4.61. The zero-order chi connectivity index (χ0) is 16.9. The molecular weight excluding hydrogens is 424 g/mol. The van der Waals surface area contributed by atoms with Crippen LogP contribution in [-0.2, 0) is 12.1 Å². The molecule has 2 aromatic rings. The maximum Gasteiger partial charge on any atom is 0.178 e. The van der Waals surface area contributed by atoms with Gasteiger partial charge in [-0.1, -0.05) is 29.4 Å². The number of hydrogen-bond acceptors (Lipinski definition) is 4. The molecule has 4 nitrogen and oxygen atoms in total. The van der Waals surface area contributed by atoms with Crippen molar-refractivity contribution in [3.63, 3.8) is 0 Å². The van der Waals surface area contributed by atoms with Gasteiger partial charge in [0.15, 0.2) is 10.9 Å². The van der Waals surface area contributed by atoms with Gasteiger partial charge in [0.2, 0.25) is 0 Å².